The summed E-state index contributed by atoms with van der Waals surface area (Å²) >= 11 is 0. The van der Waals surface area contributed by atoms with Crippen LogP contribution in [0, 0.1) is 6.92 Å². The van der Waals surface area contributed by atoms with Crippen LogP contribution in [0.2, 0.25) is 0 Å². The van der Waals surface area contributed by atoms with Crippen molar-refractivity contribution in [3.63, 3.8) is 0 Å². The fourth-order valence-corrected chi connectivity index (χ4v) is 2.30. The van der Waals surface area contributed by atoms with Crippen LogP contribution in [0.3, 0.4) is 0 Å². The Hall–Kier alpha value is -2.07. The van der Waals surface area contributed by atoms with Crippen molar-refractivity contribution in [2.75, 3.05) is 6.54 Å². The van der Waals surface area contributed by atoms with Gasteiger partial charge in [-0.2, -0.15) is 0 Å². The topological polar surface area (TPSA) is 53.9 Å². The number of hydrogen-bond acceptors (Lipinski definition) is 3. The van der Waals surface area contributed by atoms with Crippen molar-refractivity contribution >= 4 is 11.0 Å². The summed E-state index contributed by atoms with van der Waals surface area (Å²) in [5, 5.41) is 3.38. The molecule has 0 aliphatic heterocycles. The Balaban J connectivity index is 1.43. The molecule has 0 atom stereocenters. The summed E-state index contributed by atoms with van der Waals surface area (Å²) in [7, 11) is 0. The minimum absolute atomic E-state index is 0.786. The summed E-state index contributed by atoms with van der Waals surface area (Å²) in [6, 6.07) is 12.1. The number of aryl methyl sites for hydroxylation is 2. The molecule has 0 fully saturated rings. The van der Waals surface area contributed by atoms with Crippen molar-refractivity contribution in [3.05, 3.63) is 53.7 Å². The first-order valence-electron chi connectivity index (χ1n) is 7.01. The maximum absolute atomic E-state index is 5.51. The van der Waals surface area contributed by atoms with E-state index in [0.717, 1.165) is 54.3 Å². The Kier molecular flexibility index (Phi) is 3.83. The second kappa shape index (κ2) is 5.92. The molecule has 104 valence electrons. The second-order valence-electron chi connectivity index (χ2n) is 4.99. The number of benzene rings is 1. The standard InChI is InChI=1S/C16H19N3O/c1-12-8-9-13(20-12)11-17-10-4-7-16-18-14-5-2-3-6-15(14)19-16/h2-3,5-6,8-9,17H,4,7,10-11H2,1H3,(H,18,19). The highest BCUT2D eigenvalue weighted by Crippen LogP contribution is 2.11. The summed E-state index contributed by atoms with van der Waals surface area (Å²) in [5.41, 5.74) is 2.16. The number of rotatable bonds is 6. The molecular weight excluding hydrogens is 250 g/mol. The molecule has 2 aromatic heterocycles. The fraction of sp³-hybridized carbons (Fsp3) is 0.312. The van der Waals surface area contributed by atoms with Gasteiger partial charge in [0.05, 0.1) is 17.6 Å². The van der Waals surface area contributed by atoms with Crippen LogP contribution in [0.5, 0.6) is 0 Å². The molecule has 0 saturated heterocycles. The number of aromatic nitrogens is 2. The highest BCUT2D eigenvalue weighted by atomic mass is 16.3. The van der Waals surface area contributed by atoms with E-state index in [1.165, 1.54) is 0 Å². The number of H-pyrrole nitrogens is 1. The number of hydrogen-bond donors (Lipinski definition) is 2. The van der Waals surface area contributed by atoms with E-state index in [-0.39, 0.29) is 0 Å². The smallest absolute Gasteiger partial charge is 0.117 e. The van der Waals surface area contributed by atoms with Gasteiger partial charge in [-0.05, 0) is 44.2 Å². The molecular formula is C16H19N3O. The van der Waals surface area contributed by atoms with Gasteiger partial charge in [0.2, 0.25) is 0 Å². The van der Waals surface area contributed by atoms with E-state index in [1.807, 2.05) is 37.3 Å². The zero-order chi connectivity index (χ0) is 13.8. The third-order valence-corrected chi connectivity index (χ3v) is 3.30. The van der Waals surface area contributed by atoms with E-state index in [9.17, 15) is 0 Å². The molecule has 1 aromatic carbocycles. The van der Waals surface area contributed by atoms with Gasteiger partial charge in [0.25, 0.3) is 0 Å². The van der Waals surface area contributed by atoms with Gasteiger partial charge in [0.15, 0.2) is 0 Å². The van der Waals surface area contributed by atoms with Gasteiger partial charge in [-0.1, -0.05) is 12.1 Å². The van der Waals surface area contributed by atoms with Crippen molar-refractivity contribution in [2.45, 2.75) is 26.3 Å². The Labute approximate surface area is 118 Å². The van der Waals surface area contributed by atoms with Crippen molar-refractivity contribution in [1.82, 2.24) is 15.3 Å². The quantitative estimate of drug-likeness (QED) is 0.676. The van der Waals surface area contributed by atoms with Crippen molar-refractivity contribution in [1.29, 1.82) is 0 Å². The van der Waals surface area contributed by atoms with Crippen molar-refractivity contribution < 1.29 is 4.42 Å². The lowest BCUT2D eigenvalue weighted by Gasteiger charge is -2.01. The number of imidazole rings is 1. The molecule has 0 radical (unpaired) electrons. The molecule has 0 unspecified atom stereocenters. The van der Waals surface area contributed by atoms with E-state index in [1.54, 1.807) is 0 Å². The minimum Gasteiger partial charge on any atom is -0.465 e. The summed E-state index contributed by atoms with van der Waals surface area (Å²) in [6.07, 6.45) is 2.01. The second-order valence-corrected chi connectivity index (χ2v) is 4.99. The van der Waals surface area contributed by atoms with E-state index in [2.05, 4.69) is 21.4 Å². The number of fused-ring (bicyclic) bond motifs is 1. The molecule has 0 saturated carbocycles. The average Bonchev–Trinajstić information content (AvgIpc) is 3.04. The maximum atomic E-state index is 5.51. The van der Waals surface area contributed by atoms with Crippen LogP contribution >= 0.6 is 0 Å². The zero-order valence-corrected chi connectivity index (χ0v) is 11.6. The summed E-state index contributed by atoms with van der Waals surface area (Å²) < 4.78 is 5.51. The average molecular weight is 269 g/mol. The van der Waals surface area contributed by atoms with Crippen LogP contribution in [-0.2, 0) is 13.0 Å². The first kappa shape index (κ1) is 12.9. The molecule has 4 nitrogen and oxygen atoms in total. The van der Waals surface area contributed by atoms with Crippen LogP contribution in [0.25, 0.3) is 11.0 Å². The molecule has 3 aromatic rings. The highest BCUT2D eigenvalue weighted by Gasteiger charge is 2.02. The van der Waals surface area contributed by atoms with E-state index in [4.69, 9.17) is 4.42 Å². The van der Waals surface area contributed by atoms with Crippen LogP contribution in [0.15, 0.2) is 40.8 Å². The number of para-hydroxylation sites is 2. The maximum Gasteiger partial charge on any atom is 0.117 e. The van der Waals surface area contributed by atoms with Gasteiger partial charge in [-0.15, -0.1) is 0 Å². The van der Waals surface area contributed by atoms with E-state index >= 15 is 0 Å². The Morgan fingerprint density at radius 3 is 2.90 bits per heavy atom. The van der Waals surface area contributed by atoms with E-state index < -0.39 is 0 Å². The molecule has 20 heavy (non-hydrogen) atoms. The Bertz CT molecular complexity index is 651. The lowest BCUT2D eigenvalue weighted by atomic mass is 10.3. The molecule has 0 bridgehead atoms. The monoisotopic (exact) mass is 269 g/mol. The van der Waals surface area contributed by atoms with Gasteiger partial charge in [0.1, 0.15) is 17.3 Å². The van der Waals surface area contributed by atoms with Gasteiger partial charge in [0, 0.05) is 6.42 Å². The minimum atomic E-state index is 0.786. The first-order chi connectivity index (χ1) is 9.81. The van der Waals surface area contributed by atoms with E-state index in [0.29, 0.717) is 0 Å². The van der Waals surface area contributed by atoms with Crippen LogP contribution in [0.1, 0.15) is 23.8 Å². The molecule has 0 spiro atoms. The number of aromatic amines is 1. The number of nitrogens with one attached hydrogen (secondary N) is 2. The van der Waals surface area contributed by atoms with Crippen LogP contribution in [-0.4, -0.2) is 16.5 Å². The largest absolute Gasteiger partial charge is 0.465 e. The predicted octanol–water partition coefficient (Wildman–Crippen LogP) is 3.19. The summed E-state index contributed by atoms with van der Waals surface area (Å²) in [4.78, 5) is 7.92. The van der Waals surface area contributed by atoms with Crippen molar-refractivity contribution in [2.24, 2.45) is 0 Å². The normalized spacial score (nSPS) is 11.2. The highest BCUT2D eigenvalue weighted by molar-refractivity contribution is 5.74. The van der Waals surface area contributed by atoms with Gasteiger partial charge in [-0.3, -0.25) is 0 Å². The number of nitrogens with zero attached hydrogens (tertiary/aromatic N) is 1. The first-order valence-corrected chi connectivity index (χ1v) is 7.01. The van der Waals surface area contributed by atoms with Crippen molar-refractivity contribution in [3.8, 4) is 0 Å². The van der Waals surface area contributed by atoms with Gasteiger partial charge < -0.3 is 14.7 Å². The van der Waals surface area contributed by atoms with Gasteiger partial charge >= 0.3 is 0 Å². The Morgan fingerprint density at radius 2 is 2.10 bits per heavy atom. The predicted molar refractivity (Wildman–Crippen MR) is 79.6 cm³/mol. The molecule has 4 heteroatoms. The van der Waals surface area contributed by atoms with Crippen LogP contribution in [0.4, 0.5) is 0 Å². The molecule has 2 heterocycles. The zero-order valence-electron chi connectivity index (χ0n) is 11.6. The molecule has 2 N–H and O–H groups in total. The Morgan fingerprint density at radius 1 is 1.20 bits per heavy atom. The number of furan rings is 1. The fourth-order valence-electron chi connectivity index (χ4n) is 2.30. The lowest BCUT2D eigenvalue weighted by Crippen LogP contribution is -2.15. The molecule has 0 aliphatic rings. The third-order valence-electron chi connectivity index (χ3n) is 3.30. The lowest BCUT2D eigenvalue weighted by molar-refractivity contribution is 0.460. The molecule has 0 amide bonds. The molecule has 3 rings (SSSR count). The summed E-state index contributed by atoms with van der Waals surface area (Å²) in [5.74, 6) is 3.01. The third kappa shape index (κ3) is 3.08. The van der Waals surface area contributed by atoms with Gasteiger partial charge in [-0.25, -0.2) is 4.98 Å². The molecule has 0 aliphatic carbocycles. The SMILES string of the molecule is Cc1ccc(CNCCCc2nc3ccccc3[nH]2)o1. The summed E-state index contributed by atoms with van der Waals surface area (Å²) in [6.45, 7) is 3.70. The van der Waals surface area contributed by atoms with Crippen LogP contribution < -0.4 is 5.32 Å².